The molecule has 0 aromatic rings. The third-order valence-electron chi connectivity index (χ3n) is 1.52. The monoisotopic (exact) mass is 174 g/mol. The lowest BCUT2D eigenvalue weighted by Gasteiger charge is -2.01. The van der Waals surface area contributed by atoms with E-state index in [1.807, 2.05) is 0 Å². The summed E-state index contributed by atoms with van der Waals surface area (Å²) in [4.78, 5) is 0. The zero-order valence-electron chi connectivity index (χ0n) is 7.62. The summed E-state index contributed by atoms with van der Waals surface area (Å²) in [6, 6.07) is 0. The number of unbranched alkanes of at least 4 members (excludes halogenated alkanes) is 2. The second kappa shape index (κ2) is 8.33. The van der Waals surface area contributed by atoms with E-state index in [4.69, 9.17) is 15.7 Å². The number of amidine groups is 1. The summed E-state index contributed by atoms with van der Waals surface area (Å²) in [5, 5.41) is 11.0. The summed E-state index contributed by atoms with van der Waals surface area (Å²) < 4.78 is 5.24. The smallest absolute Gasteiger partial charge is 0.141 e. The van der Waals surface area contributed by atoms with Crippen molar-refractivity contribution in [3.05, 3.63) is 0 Å². The van der Waals surface area contributed by atoms with Crippen LogP contribution in [-0.4, -0.2) is 24.3 Å². The highest BCUT2D eigenvalue weighted by Crippen LogP contribution is 1.94. The van der Waals surface area contributed by atoms with E-state index in [2.05, 4.69) is 12.1 Å². The lowest BCUT2D eigenvalue weighted by molar-refractivity contribution is 0.136. The predicted molar refractivity (Wildman–Crippen MR) is 48.4 cm³/mol. The SMILES string of the molecule is CCCCCOCC/C(N)=N/O. The number of hydrogen-bond acceptors (Lipinski definition) is 3. The van der Waals surface area contributed by atoms with Crippen LogP contribution in [0.2, 0.25) is 0 Å². The fraction of sp³-hybridized carbons (Fsp3) is 0.875. The van der Waals surface area contributed by atoms with Gasteiger partial charge in [-0.2, -0.15) is 0 Å². The highest BCUT2D eigenvalue weighted by Gasteiger charge is 1.92. The van der Waals surface area contributed by atoms with Crippen molar-refractivity contribution in [2.24, 2.45) is 10.9 Å². The molecule has 0 aliphatic rings. The molecular formula is C8H18N2O2. The molecule has 0 amide bonds. The van der Waals surface area contributed by atoms with E-state index in [9.17, 15) is 0 Å². The maximum absolute atomic E-state index is 8.18. The predicted octanol–water partition coefficient (Wildman–Crippen LogP) is 1.33. The second-order valence-corrected chi connectivity index (χ2v) is 2.66. The first-order valence-electron chi connectivity index (χ1n) is 4.35. The molecule has 0 aliphatic carbocycles. The van der Waals surface area contributed by atoms with Crippen molar-refractivity contribution in [2.75, 3.05) is 13.2 Å². The molecule has 4 nitrogen and oxygen atoms in total. The Morgan fingerprint density at radius 2 is 2.17 bits per heavy atom. The topological polar surface area (TPSA) is 67.8 Å². The van der Waals surface area contributed by atoms with Crippen LogP contribution in [0, 0.1) is 0 Å². The Labute approximate surface area is 73.4 Å². The van der Waals surface area contributed by atoms with Gasteiger partial charge in [-0.3, -0.25) is 0 Å². The summed E-state index contributed by atoms with van der Waals surface area (Å²) in [6.45, 7) is 3.46. The summed E-state index contributed by atoms with van der Waals surface area (Å²) in [6.07, 6.45) is 3.99. The summed E-state index contributed by atoms with van der Waals surface area (Å²) in [5.41, 5.74) is 5.23. The molecule has 0 unspecified atom stereocenters. The molecule has 0 spiro atoms. The van der Waals surface area contributed by atoms with Crippen LogP contribution in [0.3, 0.4) is 0 Å². The van der Waals surface area contributed by atoms with E-state index in [0.717, 1.165) is 13.0 Å². The van der Waals surface area contributed by atoms with Crippen molar-refractivity contribution in [3.63, 3.8) is 0 Å². The molecule has 0 bridgehead atoms. The van der Waals surface area contributed by atoms with Gasteiger partial charge >= 0.3 is 0 Å². The zero-order chi connectivity index (χ0) is 9.23. The molecule has 0 rings (SSSR count). The average Bonchev–Trinajstić information content (AvgIpc) is 2.10. The number of nitrogens with zero attached hydrogens (tertiary/aromatic N) is 1. The van der Waals surface area contributed by atoms with E-state index in [0.29, 0.717) is 13.0 Å². The summed E-state index contributed by atoms with van der Waals surface area (Å²) in [7, 11) is 0. The lowest BCUT2D eigenvalue weighted by Crippen LogP contribution is -2.14. The third-order valence-corrected chi connectivity index (χ3v) is 1.52. The Kier molecular flexibility index (Phi) is 7.79. The normalized spacial score (nSPS) is 11.9. The van der Waals surface area contributed by atoms with Crippen LogP contribution >= 0.6 is 0 Å². The maximum atomic E-state index is 8.18. The molecule has 0 heterocycles. The third kappa shape index (κ3) is 7.34. The number of ether oxygens (including phenoxy) is 1. The van der Waals surface area contributed by atoms with E-state index in [1.54, 1.807) is 0 Å². The van der Waals surface area contributed by atoms with Crippen LogP contribution in [0.4, 0.5) is 0 Å². The zero-order valence-corrected chi connectivity index (χ0v) is 7.62. The first kappa shape index (κ1) is 11.2. The van der Waals surface area contributed by atoms with Gasteiger partial charge in [0.25, 0.3) is 0 Å². The van der Waals surface area contributed by atoms with E-state index in [-0.39, 0.29) is 5.84 Å². The fourth-order valence-corrected chi connectivity index (χ4v) is 0.783. The van der Waals surface area contributed by atoms with Gasteiger partial charge in [0.15, 0.2) is 0 Å². The molecule has 12 heavy (non-hydrogen) atoms. The Morgan fingerprint density at radius 3 is 2.75 bits per heavy atom. The Morgan fingerprint density at radius 1 is 1.42 bits per heavy atom. The quantitative estimate of drug-likeness (QED) is 0.201. The molecule has 4 heteroatoms. The van der Waals surface area contributed by atoms with Gasteiger partial charge in [-0.25, -0.2) is 0 Å². The molecule has 0 radical (unpaired) electrons. The molecule has 3 N–H and O–H groups in total. The van der Waals surface area contributed by atoms with Gasteiger partial charge in [-0.15, -0.1) is 0 Å². The van der Waals surface area contributed by atoms with Crippen LogP contribution in [0.25, 0.3) is 0 Å². The molecular weight excluding hydrogens is 156 g/mol. The first-order chi connectivity index (χ1) is 5.81. The Balaban J connectivity index is 3.00. The van der Waals surface area contributed by atoms with Gasteiger partial charge in [0.05, 0.1) is 6.61 Å². The largest absolute Gasteiger partial charge is 0.409 e. The van der Waals surface area contributed by atoms with Gasteiger partial charge in [0, 0.05) is 13.0 Å². The van der Waals surface area contributed by atoms with Crippen LogP contribution in [-0.2, 0) is 4.74 Å². The van der Waals surface area contributed by atoms with E-state index >= 15 is 0 Å². The Bertz CT molecular complexity index is 126. The highest BCUT2D eigenvalue weighted by atomic mass is 16.5. The first-order valence-corrected chi connectivity index (χ1v) is 4.35. The van der Waals surface area contributed by atoms with Gasteiger partial charge in [0.1, 0.15) is 5.84 Å². The molecule has 0 aromatic heterocycles. The van der Waals surface area contributed by atoms with Crippen LogP contribution in [0.15, 0.2) is 5.16 Å². The van der Waals surface area contributed by atoms with Crippen LogP contribution in [0.1, 0.15) is 32.6 Å². The van der Waals surface area contributed by atoms with Crippen molar-refractivity contribution in [1.82, 2.24) is 0 Å². The van der Waals surface area contributed by atoms with Crippen molar-refractivity contribution in [3.8, 4) is 0 Å². The van der Waals surface area contributed by atoms with Gasteiger partial charge < -0.3 is 15.7 Å². The maximum Gasteiger partial charge on any atom is 0.141 e. The van der Waals surface area contributed by atoms with Gasteiger partial charge in [-0.05, 0) is 6.42 Å². The molecule has 0 fully saturated rings. The number of rotatable bonds is 7. The van der Waals surface area contributed by atoms with Gasteiger partial charge in [-0.1, -0.05) is 24.9 Å². The molecule has 72 valence electrons. The number of hydrogen-bond donors (Lipinski definition) is 2. The average molecular weight is 174 g/mol. The van der Waals surface area contributed by atoms with Crippen molar-refractivity contribution in [1.29, 1.82) is 0 Å². The molecule has 0 aliphatic heterocycles. The summed E-state index contributed by atoms with van der Waals surface area (Å²) >= 11 is 0. The highest BCUT2D eigenvalue weighted by molar-refractivity contribution is 5.79. The van der Waals surface area contributed by atoms with Crippen molar-refractivity contribution < 1.29 is 9.94 Å². The van der Waals surface area contributed by atoms with E-state index in [1.165, 1.54) is 12.8 Å². The van der Waals surface area contributed by atoms with Gasteiger partial charge in [0.2, 0.25) is 0 Å². The number of oxime groups is 1. The fourth-order valence-electron chi connectivity index (χ4n) is 0.783. The standard InChI is InChI=1S/C8H18N2O2/c1-2-3-4-6-12-7-5-8(9)10-11/h11H,2-7H2,1H3,(H2,9,10). The molecule has 0 aromatic carbocycles. The molecule has 0 atom stereocenters. The Hall–Kier alpha value is -0.770. The molecule has 0 saturated carbocycles. The van der Waals surface area contributed by atoms with E-state index < -0.39 is 0 Å². The van der Waals surface area contributed by atoms with Crippen molar-refractivity contribution in [2.45, 2.75) is 32.6 Å². The molecule has 0 saturated heterocycles. The minimum absolute atomic E-state index is 0.227. The summed E-state index contributed by atoms with van der Waals surface area (Å²) in [5.74, 6) is 0.227. The van der Waals surface area contributed by atoms with Crippen molar-refractivity contribution >= 4 is 5.84 Å². The van der Waals surface area contributed by atoms with Crippen LogP contribution < -0.4 is 5.73 Å². The minimum atomic E-state index is 0.227. The lowest BCUT2D eigenvalue weighted by atomic mass is 10.3. The minimum Gasteiger partial charge on any atom is -0.409 e. The number of nitrogens with two attached hydrogens (primary N) is 1. The second-order valence-electron chi connectivity index (χ2n) is 2.66. The van der Waals surface area contributed by atoms with Crippen LogP contribution in [0.5, 0.6) is 0 Å².